The molecule has 2 heterocycles. The van der Waals surface area contributed by atoms with E-state index in [1.54, 1.807) is 10.3 Å². The molecular weight excluding hydrogens is 340 g/mol. The van der Waals surface area contributed by atoms with Gasteiger partial charge in [0.15, 0.2) is 0 Å². The zero-order valence-electron chi connectivity index (χ0n) is 14.1. The Morgan fingerprint density at radius 1 is 1.32 bits per heavy atom. The molecule has 1 amide bonds. The summed E-state index contributed by atoms with van der Waals surface area (Å²) in [6.07, 6.45) is 0. The van der Waals surface area contributed by atoms with E-state index in [0.29, 0.717) is 18.8 Å². The summed E-state index contributed by atoms with van der Waals surface area (Å²) in [4.78, 5) is 29.8. The molecule has 1 aromatic heterocycles. The molecule has 0 saturated carbocycles. The lowest BCUT2D eigenvalue weighted by atomic mass is 9.99. The molecule has 2 atom stereocenters. The largest absolute Gasteiger partial charge is 0.494 e. The molecule has 132 valence electrons. The van der Waals surface area contributed by atoms with Crippen molar-refractivity contribution in [1.82, 2.24) is 9.88 Å². The third kappa shape index (κ3) is 3.66. The van der Waals surface area contributed by atoms with Crippen LogP contribution in [0.1, 0.15) is 24.3 Å². The maximum Gasteiger partial charge on any atom is 0.308 e. The number of hydrogen-bond donors (Lipinski definition) is 1. The Balaban J connectivity index is 1.73. The number of amides is 1. The molecule has 0 bridgehead atoms. The van der Waals surface area contributed by atoms with Crippen LogP contribution in [-0.2, 0) is 4.79 Å². The summed E-state index contributed by atoms with van der Waals surface area (Å²) in [6, 6.07) is 7.58. The molecule has 0 spiro atoms. The van der Waals surface area contributed by atoms with E-state index in [4.69, 9.17) is 4.74 Å². The Hall–Kier alpha value is -2.41. The van der Waals surface area contributed by atoms with Gasteiger partial charge in [-0.2, -0.15) is 0 Å². The highest BCUT2D eigenvalue weighted by molar-refractivity contribution is 7.13. The lowest BCUT2D eigenvalue weighted by Crippen LogP contribution is -2.30. The van der Waals surface area contributed by atoms with Crippen LogP contribution in [0, 0.1) is 11.8 Å². The number of aromatic nitrogens is 1. The van der Waals surface area contributed by atoms with Crippen LogP contribution in [0.15, 0.2) is 29.6 Å². The molecule has 1 aliphatic rings. The van der Waals surface area contributed by atoms with Gasteiger partial charge < -0.3 is 14.7 Å². The fourth-order valence-electron chi connectivity index (χ4n) is 2.98. The van der Waals surface area contributed by atoms with Gasteiger partial charge in [-0.3, -0.25) is 9.59 Å². The van der Waals surface area contributed by atoms with Gasteiger partial charge in [0.2, 0.25) is 0 Å². The fraction of sp³-hybridized carbons (Fsp3) is 0.389. The average Bonchev–Trinajstić information content (AvgIpc) is 3.22. The van der Waals surface area contributed by atoms with Gasteiger partial charge in [-0.15, -0.1) is 11.3 Å². The fourth-order valence-corrected chi connectivity index (χ4v) is 3.78. The Bertz CT molecular complexity index is 772. The molecule has 2 aromatic rings. The second-order valence-corrected chi connectivity index (χ2v) is 6.99. The van der Waals surface area contributed by atoms with E-state index in [1.807, 2.05) is 38.1 Å². The van der Waals surface area contributed by atoms with Crippen molar-refractivity contribution in [3.05, 3.63) is 35.3 Å². The molecule has 1 aliphatic heterocycles. The Kier molecular flexibility index (Phi) is 5.03. The number of carboxylic acid groups (broad SMARTS) is 1. The first-order chi connectivity index (χ1) is 12.0. The summed E-state index contributed by atoms with van der Waals surface area (Å²) in [6.45, 7) is 5.09. The number of thiazole rings is 1. The first kappa shape index (κ1) is 17.4. The van der Waals surface area contributed by atoms with Crippen molar-refractivity contribution in [2.24, 2.45) is 11.8 Å². The number of ether oxygens (including phenoxy) is 1. The second kappa shape index (κ2) is 7.23. The van der Waals surface area contributed by atoms with E-state index in [2.05, 4.69) is 4.98 Å². The van der Waals surface area contributed by atoms with Gasteiger partial charge in [0.1, 0.15) is 16.5 Å². The highest BCUT2D eigenvalue weighted by atomic mass is 32.1. The van der Waals surface area contributed by atoms with Gasteiger partial charge >= 0.3 is 5.97 Å². The van der Waals surface area contributed by atoms with Crippen molar-refractivity contribution in [1.29, 1.82) is 0 Å². The molecular formula is C18H20N2O4S. The highest BCUT2D eigenvalue weighted by Gasteiger charge is 2.37. The molecule has 1 aromatic carbocycles. The summed E-state index contributed by atoms with van der Waals surface area (Å²) < 4.78 is 5.42. The number of likely N-dealkylation sites (tertiary alicyclic amines) is 1. The Labute approximate surface area is 150 Å². The summed E-state index contributed by atoms with van der Waals surface area (Å²) >= 11 is 1.40. The summed E-state index contributed by atoms with van der Waals surface area (Å²) in [5.74, 6) is -0.816. The number of rotatable bonds is 5. The number of aliphatic carboxylic acids is 1. The van der Waals surface area contributed by atoms with Crippen molar-refractivity contribution >= 4 is 23.2 Å². The van der Waals surface area contributed by atoms with Gasteiger partial charge in [0.05, 0.1) is 12.5 Å². The summed E-state index contributed by atoms with van der Waals surface area (Å²) in [5.41, 5.74) is 1.29. The summed E-state index contributed by atoms with van der Waals surface area (Å²) in [5, 5.41) is 11.7. The van der Waals surface area contributed by atoms with Gasteiger partial charge in [0, 0.05) is 24.0 Å². The zero-order chi connectivity index (χ0) is 18.0. The molecule has 1 saturated heterocycles. The van der Waals surface area contributed by atoms with E-state index < -0.39 is 11.9 Å². The van der Waals surface area contributed by atoms with E-state index in [-0.39, 0.29) is 18.4 Å². The van der Waals surface area contributed by atoms with Crippen LogP contribution in [0.5, 0.6) is 5.75 Å². The van der Waals surface area contributed by atoms with Gasteiger partial charge in [-0.05, 0) is 37.1 Å². The standard InChI is InChI=1S/C18H20N2O4S/c1-3-24-13-6-4-12(5-7-13)16-19-15(10-25-16)17(21)20-8-11(2)14(9-20)18(22)23/h4-7,10-11,14H,3,8-9H2,1-2H3,(H,22,23)/t11-,14-/m1/s1. The third-order valence-corrected chi connectivity index (χ3v) is 5.24. The molecule has 0 radical (unpaired) electrons. The van der Waals surface area contributed by atoms with E-state index in [9.17, 15) is 14.7 Å². The topological polar surface area (TPSA) is 79.7 Å². The quantitative estimate of drug-likeness (QED) is 0.887. The number of hydrogen-bond acceptors (Lipinski definition) is 5. The maximum absolute atomic E-state index is 12.6. The molecule has 3 rings (SSSR count). The van der Waals surface area contributed by atoms with Crippen LogP contribution < -0.4 is 4.74 Å². The minimum atomic E-state index is -0.851. The van der Waals surface area contributed by atoms with Crippen molar-refractivity contribution in [2.45, 2.75) is 13.8 Å². The Morgan fingerprint density at radius 2 is 2.04 bits per heavy atom. The lowest BCUT2D eigenvalue weighted by molar-refractivity contribution is -0.142. The van der Waals surface area contributed by atoms with Gasteiger partial charge in [-0.25, -0.2) is 4.98 Å². The van der Waals surface area contributed by atoms with Crippen molar-refractivity contribution in [3.63, 3.8) is 0 Å². The number of nitrogens with zero attached hydrogens (tertiary/aromatic N) is 2. The first-order valence-electron chi connectivity index (χ1n) is 8.20. The maximum atomic E-state index is 12.6. The zero-order valence-corrected chi connectivity index (χ0v) is 15.0. The van der Waals surface area contributed by atoms with Crippen LogP contribution in [-0.4, -0.2) is 46.6 Å². The van der Waals surface area contributed by atoms with E-state index in [0.717, 1.165) is 16.3 Å². The predicted octanol–water partition coefficient (Wildman–Crippen LogP) is 3.00. The molecule has 0 aliphatic carbocycles. The summed E-state index contributed by atoms with van der Waals surface area (Å²) in [7, 11) is 0. The number of carboxylic acids is 1. The van der Waals surface area contributed by atoms with Crippen molar-refractivity contribution < 1.29 is 19.4 Å². The SMILES string of the molecule is CCOc1ccc(-c2nc(C(=O)N3C[C@@H](C)[C@H](C(=O)O)C3)cs2)cc1. The van der Waals surface area contributed by atoms with Gasteiger partial charge in [-0.1, -0.05) is 6.92 Å². The van der Waals surface area contributed by atoms with Crippen LogP contribution in [0.2, 0.25) is 0 Å². The van der Waals surface area contributed by atoms with Crippen LogP contribution >= 0.6 is 11.3 Å². The number of carbonyl (C=O) groups is 2. The minimum absolute atomic E-state index is 0.0503. The van der Waals surface area contributed by atoms with E-state index >= 15 is 0 Å². The third-order valence-electron chi connectivity index (χ3n) is 4.35. The molecule has 0 unspecified atom stereocenters. The predicted molar refractivity (Wildman–Crippen MR) is 94.9 cm³/mol. The average molecular weight is 360 g/mol. The Morgan fingerprint density at radius 3 is 2.64 bits per heavy atom. The number of benzene rings is 1. The van der Waals surface area contributed by atoms with Crippen LogP contribution in [0.3, 0.4) is 0 Å². The lowest BCUT2D eigenvalue weighted by Gasteiger charge is -2.13. The van der Waals surface area contributed by atoms with Crippen LogP contribution in [0.4, 0.5) is 0 Å². The first-order valence-corrected chi connectivity index (χ1v) is 9.08. The van der Waals surface area contributed by atoms with E-state index in [1.165, 1.54) is 11.3 Å². The molecule has 1 fully saturated rings. The number of carbonyl (C=O) groups excluding carboxylic acids is 1. The van der Waals surface area contributed by atoms with Gasteiger partial charge in [0.25, 0.3) is 5.91 Å². The van der Waals surface area contributed by atoms with Crippen molar-refractivity contribution in [2.75, 3.05) is 19.7 Å². The molecule has 1 N–H and O–H groups in total. The molecule has 7 heteroatoms. The normalized spacial score (nSPS) is 19.8. The van der Waals surface area contributed by atoms with Crippen LogP contribution in [0.25, 0.3) is 10.6 Å². The molecule has 25 heavy (non-hydrogen) atoms. The molecule has 6 nitrogen and oxygen atoms in total. The monoisotopic (exact) mass is 360 g/mol. The second-order valence-electron chi connectivity index (χ2n) is 6.13. The van der Waals surface area contributed by atoms with Crippen molar-refractivity contribution in [3.8, 4) is 16.3 Å². The minimum Gasteiger partial charge on any atom is -0.494 e. The highest BCUT2D eigenvalue weighted by Crippen LogP contribution is 2.28. The smallest absolute Gasteiger partial charge is 0.308 e.